The Bertz CT molecular complexity index is 1170. The van der Waals surface area contributed by atoms with E-state index < -0.39 is 0 Å². The third-order valence-corrected chi connectivity index (χ3v) is 7.02. The van der Waals surface area contributed by atoms with Crippen LogP contribution in [0.3, 0.4) is 0 Å². The van der Waals surface area contributed by atoms with Gasteiger partial charge in [-0.3, -0.25) is 0 Å². The van der Waals surface area contributed by atoms with E-state index in [1.165, 1.54) is 11.1 Å². The van der Waals surface area contributed by atoms with Crippen LogP contribution < -0.4 is 4.74 Å². The van der Waals surface area contributed by atoms with E-state index in [9.17, 15) is 0 Å². The number of ether oxygens (including phenoxy) is 1. The molecule has 0 aliphatic carbocycles. The van der Waals surface area contributed by atoms with Crippen molar-refractivity contribution in [1.29, 1.82) is 0 Å². The summed E-state index contributed by atoms with van der Waals surface area (Å²) in [5.41, 5.74) is 4.61. The molecule has 7 heteroatoms. The normalized spacial score (nSPS) is 12.1. The van der Waals surface area contributed by atoms with Crippen LogP contribution in [0.4, 0.5) is 0 Å². The molecule has 0 aliphatic heterocycles. The molecule has 5 nitrogen and oxygen atoms in total. The van der Waals surface area contributed by atoms with Gasteiger partial charge < -0.3 is 9.30 Å². The van der Waals surface area contributed by atoms with E-state index in [0.717, 1.165) is 45.3 Å². The van der Waals surface area contributed by atoms with E-state index in [0.29, 0.717) is 0 Å². The van der Waals surface area contributed by atoms with Crippen LogP contribution in [-0.4, -0.2) is 19.7 Å². The Morgan fingerprint density at radius 2 is 1.77 bits per heavy atom. The van der Waals surface area contributed by atoms with Gasteiger partial charge in [-0.05, 0) is 44.9 Å². The molecule has 0 aliphatic rings. The van der Waals surface area contributed by atoms with Crippen LogP contribution in [-0.2, 0) is 12.3 Å². The summed E-state index contributed by atoms with van der Waals surface area (Å²) in [6.07, 6.45) is -0.185. The molecule has 0 saturated carbocycles. The minimum Gasteiger partial charge on any atom is -0.482 e. The summed E-state index contributed by atoms with van der Waals surface area (Å²) in [5, 5.41) is 13.0. The molecule has 160 valence electrons. The van der Waals surface area contributed by atoms with E-state index in [2.05, 4.69) is 58.3 Å². The number of hydrogen-bond donors (Lipinski definition) is 0. The quantitative estimate of drug-likeness (QED) is 0.288. The van der Waals surface area contributed by atoms with Crippen molar-refractivity contribution < 1.29 is 4.74 Å². The van der Waals surface area contributed by atoms with Gasteiger partial charge in [-0.15, -0.1) is 21.5 Å². The molecular formula is C24H26N4OS2. The van der Waals surface area contributed by atoms with Gasteiger partial charge in [-0.2, -0.15) is 0 Å². The number of thioether (sulfide) groups is 1. The van der Waals surface area contributed by atoms with Gasteiger partial charge in [0.2, 0.25) is 0 Å². The van der Waals surface area contributed by atoms with Gasteiger partial charge in [-0.25, -0.2) is 4.98 Å². The lowest BCUT2D eigenvalue weighted by molar-refractivity contribution is 0.208. The first-order valence-electron chi connectivity index (χ1n) is 10.4. The second-order valence-corrected chi connectivity index (χ2v) is 9.16. The first kappa shape index (κ1) is 21.6. The van der Waals surface area contributed by atoms with E-state index in [1.807, 2.05) is 38.1 Å². The minimum atomic E-state index is -0.185. The van der Waals surface area contributed by atoms with Crippen molar-refractivity contribution in [2.24, 2.45) is 0 Å². The summed E-state index contributed by atoms with van der Waals surface area (Å²) in [6.45, 7) is 9.09. The zero-order chi connectivity index (χ0) is 21.8. The number of benzene rings is 2. The molecule has 0 radical (unpaired) electrons. The van der Waals surface area contributed by atoms with Crippen LogP contribution in [0.1, 0.15) is 42.6 Å². The first-order chi connectivity index (χ1) is 15.1. The maximum absolute atomic E-state index is 6.17. The Balaban J connectivity index is 1.46. The number of para-hydroxylation sites is 1. The number of hydrogen-bond acceptors (Lipinski definition) is 6. The predicted octanol–water partition coefficient (Wildman–Crippen LogP) is 6.47. The Morgan fingerprint density at radius 3 is 2.52 bits per heavy atom. The molecule has 1 atom stereocenters. The molecule has 2 aromatic carbocycles. The summed E-state index contributed by atoms with van der Waals surface area (Å²) in [5.74, 6) is 2.47. The summed E-state index contributed by atoms with van der Waals surface area (Å²) in [4.78, 5) is 4.83. The number of aryl methyl sites for hydroxylation is 2. The average Bonchev–Trinajstić information content (AvgIpc) is 3.41. The standard InChI is InChI=1S/C24H26N4OS2/c1-5-28-22(18(4)29-21-13-9-7-11-17(21)3)26-27-24(28)31-15-19-14-30-23(25-19)20-12-8-6-10-16(20)2/h6-14,18H,5,15H2,1-4H3. The van der Waals surface area contributed by atoms with Crippen LogP contribution in [0.15, 0.2) is 59.1 Å². The van der Waals surface area contributed by atoms with Crippen molar-refractivity contribution in [2.75, 3.05) is 0 Å². The molecular weight excluding hydrogens is 424 g/mol. The van der Waals surface area contributed by atoms with Gasteiger partial charge in [0.25, 0.3) is 0 Å². The Morgan fingerprint density at radius 1 is 1.03 bits per heavy atom. The van der Waals surface area contributed by atoms with Crippen LogP contribution in [0.5, 0.6) is 5.75 Å². The summed E-state index contributed by atoms with van der Waals surface area (Å²) < 4.78 is 8.30. The summed E-state index contributed by atoms with van der Waals surface area (Å²) >= 11 is 3.35. The smallest absolute Gasteiger partial charge is 0.191 e. The third-order valence-electron chi connectivity index (χ3n) is 5.10. The molecule has 0 fully saturated rings. The molecule has 1 unspecified atom stereocenters. The molecule has 0 spiro atoms. The monoisotopic (exact) mass is 450 g/mol. The molecule has 2 heterocycles. The maximum atomic E-state index is 6.17. The van der Waals surface area contributed by atoms with Crippen LogP contribution >= 0.6 is 23.1 Å². The molecule has 4 rings (SSSR count). The lowest BCUT2D eigenvalue weighted by atomic mass is 10.1. The second-order valence-electron chi connectivity index (χ2n) is 7.36. The van der Waals surface area contributed by atoms with Gasteiger partial charge >= 0.3 is 0 Å². The molecule has 0 N–H and O–H groups in total. The van der Waals surface area contributed by atoms with Gasteiger partial charge in [0.1, 0.15) is 10.8 Å². The zero-order valence-electron chi connectivity index (χ0n) is 18.2. The Labute approximate surface area is 191 Å². The Kier molecular flexibility index (Phi) is 6.73. The fourth-order valence-corrected chi connectivity index (χ4v) is 5.30. The van der Waals surface area contributed by atoms with Crippen molar-refractivity contribution in [3.8, 4) is 16.3 Å². The highest BCUT2D eigenvalue weighted by Gasteiger charge is 2.19. The molecule has 4 aromatic rings. The lowest BCUT2D eigenvalue weighted by Crippen LogP contribution is -2.12. The van der Waals surface area contributed by atoms with Crippen molar-refractivity contribution >= 4 is 23.1 Å². The minimum absolute atomic E-state index is 0.185. The van der Waals surface area contributed by atoms with E-state index in [4.69, 9.17) is 9.72 Å². The first-order valence-corrected chi connectivity index (χ1v) is 12.2. The van der Waals surface area contributed by atoms with Crippen LogP contribution in [0.25, 0.3) is 10.6 Å². The van der Waals surface area contributed by atoms with Crippen LogP contribution in [0.2, 0.25) is 0 Å². The van der Waals surface area contributed by atoms with Gasteiger partial charge in [0.15, 0.2) is 17.1 Å². The topological polar surface area (TPSA) is 52.8 Å². The predicted molar refractivity (Wildman–Crippen MR) is 128 cm³/mol. The van der Waals surface area contributed by atoms with Gasteiger partial charge in [0, 0.05) is 23.2 Å². The molecule has 31 heavy (non-hydrogen) atoms. The van der Waals surface area contributed by atoms with Crippen molar-refractivity contribution in [1.82, 2.24) is 19.7 Å². The van der Waals surface area contributed by atoms with E-state index in [1.54, 1.807) is 23.1 Å². The number of aromatic nitrogens is 4. The van der Waals surface area contributed by atoms with E-state index >= 15 is 0 Å². The fourth-order valence-electron chi connectivity index (χ4n) is 3.38. The highest BCUT2D eigenvalue weighted by atomic mass is 32.2. The van der Waals surface area contributed by atoms with Crippen molar-refractivity contribution in [3.63, 3.8) is 0 Å². The molecule has 2 aromatic heterocycles. The highest BCUT2D eigenvalue weighted by molar-refractivity contribution is 7.98. The second kappa shape index (κ2) is 9.66. The molecule has 0 bridgehead atoms. The highest BCUT2D eigenvalue weighted by Crippen LogP contribution is 2.31. The number of nitrogens with zero attached hydrogens (tertiary/aromatic N) is 4. The molecule has 0 saturated heterocycles. The van der Waals surface area contributed by atoms with Gasteiger partial charge in [-0.1, -0.05) is 54.2 Å². The Hall–Kier alpha value is -2.64. The van der Waals surface area contributed by atoms with Crippen molar-refractivity contribution in [3.05, 3.63) is 76.6 Å². The third kappa shape index (κ3) is 4.83. The maximum Gasteiger partial charge on any atom is 0.191 e. The number of thiazole rings is 1. The molecule has 0 amide bonds. The SMILES string of the molecule is CCn1c(SCc2csc(-c3ccccc3C)n2)nnc1C(C)Oc1ccccc1C. The van der Waals surface area contributed by atoms with Gasteiger partial charge in [0.05, 0.1) is 5.69 Å². The largest absolute Gasteiger partial charge is 0.482 e. The zero-order valence-corrected chi connectivity index (χ0v) is 19.8. The fraction of sp³-hybridized carbons (Fsp3) is 0.292. The van der Waals surface area contributed by atoms with E-state index in [-0.39, 0.29) is 6.10 Å². The lowest BCUT2D eigenvalue weighted by Gasteiger charge is -2.16. The summed E-state index contributed by atoms with van der Waals surface area (Å²) in [6, 6.07) is 16.4. The van der Waals surface area contributed by atoms with Crippen molar-refractivity contribution in [2.45, 2.75) is 51.3 Å². The average molecular weight is 451 g/mol. The number of rotatable bonds is 8. The van der Waals surface area contributed by atoms with Crippen LogP contribution in [0, 0.1) is 13.8 Å². The summed E-state index contributed by atoms with van der Waals surface area (Å²) in [7, 11) is 0.